The number of likely N-dealkylation sites (tertiary alicyclic amines) is 1. The first-order valence-corrected chi connectivity index (χ1v) is 14.0. The molecule has 204 valence electrons. The lowest BCUT2D eigenvalue weighted by molar-refractivity contribution is -0.151. The SMILES string of the molecule is Nc1nccn2c(C3CCN(C(=O)C4CCCO4)C4CCC34)nc(-c3ccc(C(=O)Nc4ccccn4)cc3)c12. The van der Waals surface area contributed by atoms with Crippen LogP contribution in [0, 0.1) is 5.92 Å². The lowest BCUT2D eigenvalue weighted by Crippen LogP contribution is -2.58. The molecule has 2 saturated heterocycles. The largest absolute Gasteiger partial charge is 0.382 e. The van der Waals surface area contributed by atoms with Crippen molar-refractivity contribution < 1.29 is 14.3 Å². The molecule has 1 aliphatic carbocycles. The number of hydrogen-bond donors (Lipinski definition) is 2. The van der Waals surface area contributed by atoms with Crippen molar-refractivity contribution in [2.75, 3.05) is 24.2 Å². The van der Waals surface area contributed by atoms with Gasteiger partial charge in [-0.25, -0.2) is 15.0 Å². The standard InChI is InChI=1S/C30H31N7O3/c31-27-26-25(18-6-8-19(9-7-18)29(38)34-24-5-1-2-13-32-24)35-28(37(26)16-14-33-27)21-12-15-36(22-11-10-20(21)22)30(39)23-4-3-17-40-23/h1-2,5-9,13-14,16,20-23H,3-4,10-12,15,17H2,(H2,31,33)(H,32,34,38). The number of nitrogens with two attached hydrogens (primary N) is 1. The summed E-state index contributed by atoms with van der Waals surface area (Å²) in [6, 6.07) is 12.9. The van der Waals surface area contributed by atoms with Crippen molar-refractivity contribution in [3.63, 3.8) is 0 Å². The van der Waals surface area contributed by atoms with Gasteiger partial charge in [0.15, 0.2) is 0 Å². The number of ether oxygens (including phenoxy) is 1. The zero-order valence-electron chi connectivity index (χ0n) is 22.1. The summed E-state index contributed by atoms with van der Waals surface area (Å²) in [6.45, 7) is 1.38. The number of benzene rings is 1. The third kappa shape index (κ3) is 4.19. The Bertz CT molecular complexity index is 1560. The number of imidazole rings is 1. The number of pyridine rings is 1. The predicted octanol–water partition coefficient (Wildman–Crippen LogP) is 3.90. The van der Waals surface area contributed by atoms with E-state index >= 15 is 0 Å². The number of amides is 2. The molecule has 1 aromatic carbocycles. The number of nitrogen functional groups attached to an aromatic ring is 1. The van der Waals surface area contributed by atoms with Crippen LogP contribution in [0.2, 0.25) is 0 Å². The highest BCUT2D eigenvalue weighted by molar-refractivity contribution is 6.04. The number of aromatic nitrogens is 4. The quantitative estimate of drug-likeness (QED) is 0.395. The van der Waals surface area contributed by atoms with E-state index in [-0.39, 0.29) is 29.9 Å². The molecule has 0 bridgehead atoms. The lowest BCUT2D eigenvalue weighted by Gasteiger charge is -2.52. The zero-order valence-corrected chi connectivity index (χ0v) is 22.1. The minimum absolute atomic E-state index is 0.153. The van der Waals surface area contributed by atoms with Crippen molar-refractivity contribution in [3.05, 3.63) is 72.4 Å². The molecule has 0 radical (unpaired) electrons. The van der Waals surface area contributed by atoms with Gasteiger partial charge in [0.2, 0.25) is 0 Å². The third-order valence-electron chi connectivity index (χ3n) is 8.65. The van der Waals surface area contributed by atoms with Crippen LogP contribution in [0.1, 0.15) is 54.2 Å². The monoisotopic (exact) mass is 537 g/mol. The van der Waals surface area contributed by atoms with E-state index in [1.165, 1.54) is 0 Å². The third-order valence-corrected chi connectivity index (χ3v) is 8.65. The van der Waals surface area contributed by atoms with Crippen LogP contribution in [-0.2, 0) is 9.53 Å². The van der Waals surface area contributed by atoms with Gasteiger partial charge in [0, 0.05) is 54.8 Å². The number of anilines is 2. The molecule has 0 spiro atoms. The predicted molar refractivity (Wildman–Crippen MR) is 150 cm³/mol. The molecule has 4 unspecified atom stereocenters. The number of carbonyl (C=O) groups is 2. The second-order valence-corrected chi connectivity index (χ2v) is 10.8. The van der Waals surface area contributed by atoms with Gasteiger partial charge in [0.25, 0.3) is 11.8 Å². The maximum Gasteiger partial charge on any atom is 0.256 e. The van der Waals surface area contributed by atoms with Gasteiger partial charge >= 0.3 is 0 Å². The van der Waals surface area contributed by atoms with Gasteiger partial charge in [-0.05, 0) is 62.3 Å². The molecule has 2 amide bonds. The van der Waals surface area contributed by atoms with Crippen LogP contribution in [0.3, 0.4) is 0 Å². The Morgan fingerprint density at radius 3 is 2.60 bits per heavy atom. The number of carbonyl (C=O) groups excluding carboxylic acids is 2. The fraction of sp³-hybridized carbons (Fsp3) is 0.367. The van der Waals surface area contributed by atoms with Crippen LogP contribution in [-0.4, -0.2) is 61.4 Å². The molecule has 40 heavy (non-hydrogen) atoms. The number of fused-ring (bicyclic) bond motifs is 2. The number of nitrogens with zero attached hydrogens (tertiary/aromatic N) is 5. The first kappa shape index (κ1) is 24.7. The first-order valence-electron chi connectivity index (χ1n) is 14.0. The minimum Gasteiger partial charge on any atom is -0.382 e. The topological polar surface area (TPSA) is 128 Å². The molecule has 7 rings (SSSR count). The molecular weight excluding hydrogens is 506 g/mol. The minimum atomic E-state index is -0.281. The van der Waals surface area contributed by atoms with E-state index in [0.717, 1.165) is 54.7 Å². The summed E-state index contributed by atoms with van der Waals surface area (Å²) in [5.74, 6) is 2.34. The number of rotatable bonds is 5. The van der Waals surface area contributed by atoms with Gasteiger partial charge in [-0.2, -0.15) is 0 Å². The summed E-state index contributed by atoms with van der Waals surface area (Å²) >= 11 is 0. The van der Waals surface area contributed by atoms with Crippen molar-refractivity contribution >= 4 is 29.0 Å². The normalized spacial score (nSPS) is 23.9. The van der Waals surface area contributed by atoms with Gasteiger partial charge in [0.1, 0.15) is 34.8 Å². The molecule has 3 aromatic heterocycles. The fourth-order valence-electron chi connectivity index (χ4n) is 6.53. The van der Waals surface area contributed by atoms with Crippen LogP contribution in [0.25, 0.3) is 16.8 Å². The summed E-state index contributed by atoms with van der Waals surface area (Å²) in [5.41, 5.74) is 9.28. The van der Waals surface area contributed by atoms with Gasteiger partial charge in [-0.3, -0.25) is 14.0 Å². The van der Waals surface area contributed by atoms with E-state index in [4.69, 9.17) is 15.5 Å². The summed E-state index contributed by atoms with van der Waals surface area (Å²) in [4.78, 5) is 41.7. The Morgan fingerprint density at radius 1 is 1.00 bits per heavy atom. The Labute approximate surface area is 231 Å². The molecule has 1 saturated carbocycles. The van der Waals surface area contributed by atoms with Gasteiger partial charge < -0.3 is 20.7 Å². The van der Waals surface area contributed by atoms with Crippen molar-refractivity contribution in [2.45, 2.75) is 50.2 Å². The summed E-state index contributed by atoms with van der Waals surface area (Å²) in [6.07, 6.45) is 9.67. The highest BCUT2D eigenvalue weighted by Crippen LogP contribution is 2.48. The molecule has 4 atom stereocenters. The molecule has 5 heterocycles. The molecular formula is C30H31N7O3. The maximum absolute atomic E-state index is 13.2. The van der Waals surface area contributed by atoms with Crippen molar-refractivity contribution in [2.24, 2.45) is 5.92 Å². The van der Waals surface area contributed by atoms with Gasteiger partial charge in [-0.15, -0.1) is 0 Å². The van der Waals surface area contributed by atoms with Gasteiger partial charge in [-0.1, -0.05) is 18.2 Å². The molecule has 3 fully saturated rings. The average molecular weight is 538 g/mol. The first-order chi connectivity index (χ1) is 19.6. The average Bonchev–Trinajstić information content (AvgIpc) is 3.63. The summed E-state index contributed by atoms with van der Waals surface area (Å²) in [7, 11) is 0. The van der Waals surface area contributed by atoms with E-state index in [1.807, 2.05) is 24.4 Å². The number of hydrogen-bond acceptors (Lipinski definition) is 7. The summed E-state index contributed by atoms with van der Waals surface area (Å²) < 4.78 is 7.77. The Morgan fingerprint density at radius 2 is 1.88 bits per heavy atom. The van der Waals surface area contributed by atoms with E-state index in [0.29, 0.717) is 36.3 Å². The number of nitrogens with one attached hydrogen (secondary N) is 1. The number of piperidine rings is 1. The second kappa shape index (κ2) is 10.0. The molecule has 4 aromatic rings. The molecule has 10 heteroatoms. The van der Waals surface area contributed by atoms with Crippen LogP contribution in [0.15, 0.2) is 61.1 Å². The Kier molecular flexibility index (Phi) is 6.19. The smallest absolute Gasteiger partial charge is 0.256 e. The van der Waals surface area contributed by atoms with Gasteiger partial charge in [0.05, 0.1) is 0 Å². The molecule has 3 aliphatic rings. The summed E-state index contributed by atoms with van der Waals surface area (Å²) in [5, 5.41) is 2.81. The van der Waals surface area contributed by atoms with Crippen LogP contribution in [0.5, 0.6) is 0 Å². The zero-order chi connectivity index (χ0) is 27.2. The van der Waals surface area contributed by atoms with Crippen molar-refractivity contribution in [1.29, 1.82) is 0 Å². The van der Waals surface area contributed by atoms with Crippen molar-refractivity contribution in [3.8, 4) is 11.3 Å². The highest BCUT2D eigenvalue weighted by atomic mass is 16.5. The molecule has 10 nitrogen and oxygen atoms in total. The van der Waals surface area contributed by atoms with Crippen LogP contribution >= 0.6 is 0 Å². The Balaban J connectivity index is 1.17. The van der Waals surface area contributed by atoms with Crippen LogP contribution in [0.4, 0.5) is 11.6 Å². The second-order valence-electron chi connectivity index (χ2n) is 10.8. The van der Waals surface area contributed by atoms with E-state index < -0.39 is 0 Å². The highest BCUT2D eigenvalue weighted by Gasteiger charge is 2.48. The fourth-order valence-corrected chi connectivity index (χ4v) is 6.53. The van der Waals surface area contributed by atoms with Crippen LogP contribution < -0.4 is 11.1 Å². The molecule has 3 N–H and O–H groups in total. The van der Waals surface area contributed by atoms with E-state index in [2.05, 4.69) is 24.6 Å². The van der Waals surface area contributed by atoms with E-state index in [9.17, 15) is 9.59 Å². The maximum atomic E-state index is 13.2. The Hall–Kier alpha value is -4.31. The van der Waals surface area contributed by atoms with Crippen molar-refractivity contribution in [1.82, 2.24) is 24.3 Å². The van der Waals surface area contributed by atoms with E-state index in [1.54, 1.807) is 36.7 Å². The lowest BCUT2D eigenvalue weighted by atomic mass is 9.66. The molecule has 2 aliphatic heterocycles.